The van der Waals surface area contributed by atoms with Crippen LogP contribution >= 0.6 is 11.6 Å². The highest BCUT2D eigenvalue weighted by Gasteiger charge is 2.09. The number of benzene rings is 1. The van der Waals surface area contributed by atoms with Crippen molar-refractivity contribution >= 4 is 22.5 Å². The highest BCUT2D eigenvalue weighted by Crippen LogP contribution is 2.17. The molecule has 0 radical (unpaired) electrons. The van der Waals surface area contributed by atoms with E-state index in [0.29, 0.717) is 10.5 Å². The van der Waals surface area contributed by atoms with Gasteiger partial charge >= 0.3 is 0 Å². The summed E-state index contributed by atoms with van der Waals surface area (Å²) < 4.78 is 1.63. The third-order valence-corrected chi connectivity index (χ3v) is 2.95. The number of fused-ring (bicyclic) bond motifs is 1. The molecule has 0 aliphatic heterocycles. The first-order chi connectivity index (χ1) is 8.65. The van der Waals surface area contributed by atoms with Crippen LogP contribution in [-0.2, 0) is 0 Å². The second kappa shape index (κ2) is 3.96. The van der Waals surface area contributed by atoms with Crippen molar-refractivity contribution in [1.82, 2.24) is 20.0 Å². The topological polar surface area (TPSA) is 63.6 Å². The number of rotatable bonds is 1. The molecule has 90 valence electrons. The van der Waals surface area contributed by atoms with Crippen molar-refractivity contribution in [2.45, 2.75) is 6.92 Å². The first kappa shape index (κ1) is 11.0. The monoisotopic (exact) mass is 260 g/mol. The summed E-state index contributed by atoms with van der Waals surface area (Å²) in [5.41, 5.74) is 1.62. The van der Waals surface area contributed by atoms with Crippen LogP contribution in [0.3, 0.4) is 0 Å². The predicted molar refractivity (Wildman–Crippen MR) is 69.2 cm³/mol. The molecule has 0 bridgehead atoms. The van der Waals surface area contributed by atoms with Crippen molar-refractivity contribution < 1.29 is 0 Å². The number of aryl methyl sites for hydroxylation is 1. The molecule has 0 amide bonds. The fourth-order valence-electron chi connectivity index (χ4n) is 1.81. The molecule has 0 saturated heterocycles. The van der Waals surface area contributed by atoms with E-state index in [0.717, 1.165) is 16.8 Å². The smallest absolute Gasteiger partial charge is 0.265 e. The highest BCUT2D eigenvalue weighted by molar-refractivity contribution is 6.30. The SMILES string of the molecule is Cc1n[nH]c(=O)c2nn(-c3cccc(Cl)c3)cc12. The maximum atomic E-state index is 11.6. The second-order valence-corrected chi connectivity index (χ2v) is 4.39. The van der Waals surface area contributed by atoms with Gasteiger partial charge in [0, 0.05) is 16.6 Å². The Labute approximate surface area is 107 Å². The highest BCUT2D eigenvalue weighted by atomic mass is 35.5. The summed E-state index contributed by atoms with van der Waals surface area (Å²) in [5, 5.41) is 11.9. The van der Waals surface area contributed by atoms with Gasteiger partial charge in [-0.05, 0) is 25.1 Å². The van der Waals surface area contributed by atoms with Gasteiger partial charge in [0.15, 0.2) is 5.52 Å². The fourth-order valence-corrected chi connectivity index (χ4v) is 1.99. The first-order valence-electron chi connectivity index (χ1n) is 5.36. The zero-order valence-corrected chi connectivity index (χ0v) is 10.3. The molecule has 0 fully saturated rings. The number of aromatic nitrogens is 4. The van der Waals surface area contributed by atoms with Crippen LogP contribution in [0.1, 0.15) is 5.69 Å². The molecule has 0 spiro atoms. The molecule has 0 aliphatic rings. The number of aromatic amines is 1. The van der Waals surface area contributed by atoms with Crippen LogP contribution in [0.2, 0.25) is 5.02 Å². The van der Waals surface area contributed by atoms with Gasteiger partial charge < -0.3 is 0 Å². The van der Waals surface area contributed by atoms with Gasteiger partial charge in [-0.1, -0.05) is 17.7 Å². The Morgan fingerprint density at radius 2 is 2.22 bits per heavy atom. The van der Waals surface area contributed by atoms with E-state index in [-0.39, 0.29) is 5.56 Å². The molecule has 6 heteroatoms. The lowest BCUT2D eigenvalue weighted by atomic mass is 10.3. The van der Waals surface area contributed by atoms with Crippen molar-refractivity contribution in [3.05, 3.63) is 51.5 Å². The molecule has 1 aromatic carbocycles. The van der Waals surface area contributed by atoms with E-state index in [1.54, 1.807) is 23.0 Å². The average molecular weight is 261 g/mol. The zero-order chi connectivity index (χ0) is 12.7. The Morgan fingerprint density at radius 3 is 2.94 bits per heavy atom. The van der Waals surface area contributed by atoms with Crippen LogP contribution in [0.5, 0.6) is 0 Å². The lowest BCUT2D eigenvalue weighted by Gasteiger charge is -2.00. The number of nitrogens with one attached hydrogen (secondary N) is 1. The van der Waals surface area contributed by atoms with Gasteiger partial charge in [-0.3, -0.25) is 4.79 Å². The summed E-state index contributed by atoms with van der Waals surface area (Å²) in [4.78, 5) is 11.6. The van der Waals surface area contributed by atoms with E-state index in [2.05, 4.69) is 15.3 Å². The normalized spacial score (nSPS) is 11.0. The van der Waals surface area contributed by atoms with Crippen LogP contribution in [0.15, 0.2) is 35.3 Å². The average Bonchev–Trinajstić information content (AvgIpc) is 2.80. The van der Waals surface area contributed by atoms with Crippen LogP contribution < -0.4 is 5.56 Å². The van der Waals surface area contributed by atoms with E-state index in [1.165, 1.54) is 0 Å². The molecular weight excluding hydrogens is 252 g/mol. The third kappa shape index (κ3) is 1.69. The van der Waals surface area contributed by atoms with Gasteiger partial charge in [-0.25, -0.2) is 9.78 Å². The van der Waals surface area contributed by atoms with Crippen molar-refractivity contribution in [3.63, 3.8) is 0 Å². The fraction of sp³-hybridized carbons (Fsp3) is 0.0833. The number of hydrogen-bond acceptors (Lipinski definition) is 3. The third-order valence-electron chi connectivity index (χ3n) is 2.72. The van der Waals surface area contributed by atoms with E-state index in [4.69, 9.17) is 11.6 Å². The molecule has 5 nitrogen and oxygen atoms in total. The summed E-state index contributed by atoms with van der Waals surface area (Å²) in [5.74, 6) is 0. The van der Waals surface area contributed by atoms with Crippen molar-refractivity contribution in [2.75, 3.05) is 0 Å². The van der Waals surface area contributed by atoms with Crippen molar-refractivity contribution in [1.29, 1.82) is 0 Å². The van der Waals surface area contributed by atoms with Crippen LogP contribution in [0, 0.1) is 6.92 Å². The van der Waals surface area contributed by atoms with E-state index < -0.39 is 0 Å². The molecule has 0 atom stereocenters. The molecule has 18 heavy (non-hydrogen) atoms. The summed E-state index contributed by atoms with van der Waals surface area (Å²) in [7, 11) is 0. The minimum absolute atomic E-state index is 0.295. The lowest BCUT2D eigenvalue weighted by molar-refractivity contribution is 0.890. The van der Waals surface area contributed by atoms with Gasteiger partial charge in [0.25, 0.3) is 5.56 Å². The van der Waals surface area contributed by atoms with Crippen LogP contribution in [0.25, 0.3) is 16.6 Å². The lowest BCUT2D eigenvalue weighted by Crippen LogP contribution is -2.09. The number of nitrogens with zero attached hydrogens (tertiary/aromatic N) is 3. The van der Waals surface area contributed by atoms with Crippen molar-refractivity contribution in [3.8, 4) is 5.69 Å². The van der Waals surface area contributed by atoms with Crippen LogP contribution in [0.4, 0.5) is 0 Å². The summed E-state index contributed by atoms with van der Waals surface area (Å²) in [6.07, 6.45) is 1.78. The maximum Gasteiger partial charge on any atom is 0.292 e. The van der Waals surface area contributed by atoms with E-state index in [9.17, 15) is 4.79 Å². The minimum Gasteiger partial charge on any atom is -0.265 e. The number of halogens is 1. The first-order valence-corrected chi connectivity index (χ1v) is 5.73. The summed E-state index contributed by atoms with van der Waals surface area (Å²) in [6, 6.07) is 7.27. The summed E-state index contributed by atoms with van der Waals surface area (Å²) in [6.45, 7) is 1.82. The molecule has 2 heterocycles. The Balaban J connectivity index is 2.29. The zero-order valence-electron chi connectivity index (χ0n) is 9.51. The molecule has 0 saturated carbocycles. The molecular formula is C12H9ClN4O. The molecule has 0 unspecified atom stereocenters. The van der Waals surface area contributed by atoms with E-state index in [1.807, 2.05) is 19.1 Å². The minimum atomic E-state index is -0.295. The predicted octanol–water partition coefficient (Wildman–Crippen LogP) is 2.07. The molecule has 3 rings (SSSR count). The van der Waals surface area contributed by atoms with Gasteiger partial charge in [-0.15, -0.1) is 0 Å². The Bertz CT molecular complexity index is 790. The van der Waals surface area contributed by atoms with Gasteiger partial charge in [-0.2, -0.15) is 10.2 Å². The molecule has 0 aliphatic carbocycles. The van der Waals surface area contributed by atoms with Gasteiger partial charge in [0.2, 0.25) is 0 Å². The molecule has 2 aromatic heterocycles. The second-order valence-electron chi connectivity index (χ2n) is 3.95. The van der Waals surface area contributed by atoms with Gasteiger partial charge in [0.1, 0.15) is 0 Å². The molecule has 1 N–H and O–H groups in total. The quantitative estimate of drug-likeness (QED) is 0.728. The number of hydrogen-bond donors (Lipinski definition) is 1. The Morgan fingerprint density at radius 1 is 1.39 bits per heavy atom. The standard InChI is InChI=1S/C12H9ClN4O/c1-7-10-6-17(9-4-2-3-8(13)5-9)16-11(10)12(18)15-14-7/h2-6H,1H3,(H,15,18). The number of H-pyrrole nitrogens is 1. The van der Waals surface area contributed by atoms with Gasteiger partial charge in [0.05, 0.1) is 11.4 Å². The van der Waals surface area contributed by atoms with Crippen LogP contribution in [-0.4, -0.2) is 20.0 Å². The Kier molecular flexibility index (Phi) is 2.41. The maximum absolute atomic E-state index is 11.6. The summed E-state index contributed by atoms with van der Waals surface area (Å²) >= 11 is 5.93. The van der Waals surface area contributed by atoms with E-state index >= 15 is 0 Å². The van der Waals surface area contributed by atoms with Crippen molar-refractivity contribution in [2.24, 2.45) is 0 Å². The largest absolute Gasteiger partial charge is 0.292 e. The Hall–Kier alpha value is -2.14. The molecule has 3 aromatic rings.